The Kier molecular flexibility index (Phi) is 4.09. The van der Waals surface area contributed by atoms with E-state index in [4.69, 9.17) is 0 Å². The fourth-order valence-corrected chi connectivity index (χ4v) is 3.09. The summed E-state index contributed by atoms with van der Waals surface area (Å²) in [7, 11) is 0. The van der Waals surface area contributed by atoms with Crippen LogP contribution in [-0.4, -0.2) is 0 Å². The molecule has 0 saturated heterocycles. The summed E-state index contributed by atoms with van der Waals surface area (Å²) in [5.74, 6) is 0. The van der Waals surface area contributed by atoms with Gasteiger partial charge in [0.05, 0.1) is 0 Å². The SMILES string of the molecule is CCCC(C)(c1ccccc1)c1cccc(C)c1C. The van der Waals surface area contributed by atoms with Crippen LogP contribution in [0.2, 0.25) is 0 Å². The third-order valence-electron chi connectivity index (χ3n) is 4.36. The van der Waals surface area contributed by atoms with Gasteiger partial charge in [0.15, 0.2) is 0 Å². The maximum absolute atomic E-state index is 2.38. The van der Waals surface area contributed by atoms with Gasteiger partial charge >= 0.3 is 0 Å². The summed E-state index contributed by atoms with van der Waals surface area (Å²) in [4.78, 5) is 0. The molecule has 1 atom stereocenters. The Morgan fingerprint density at radius 2 is 1.58 bits per heavy atom. The van der Waals surface area contributed by atoms with E-state index in [9.17, 15) is 0 Å². The summed E-state index contributed by atoms with van der Waals surface area (Å²) in [5.41, 5.74) is 5.83. The second-order valence-electron chi connectivity index (χ2n) is 5.70. The van der Waals surface area contributed by atoms with Crippen molar-refractivity contribution in [3.05, 3.63) is 70.8 Å². The van der Waals surface area contributed by atoms with Gasteiger partial charge in [-0.15, -0.1) is 0 Å². The van der Waals surface area contributed by atoms with Crippen LogP contribution in [0.1, 0.15) is 48.9 Å². The third-order valence-corrected chi connectivity index (χ3v) is 4.36. The molecular weight excluding hydrogens is 228 g/mol. The number of hydrogen-bond acceptors (Lipinski definition) is 0. The molecule has 0 nitrogen and oxygen atoms in total. The molecule has 0 N–H and O–H groups in total. The molecule has 0 aliphatic carbocycles. The Morgan fingerprint density at radius 1 is 0.895 bits per heavy atom. The van der Waals surface area contributed by atoms with Crippen LogP contribution in [0.3, 0.4) is 0 Å². The largest absolute Gasteiger partial charge is 0.0653 e. The normalized spacial score (nSPS) is 14.1. The van der Waals surface area contributed by atoms with E-state index >= 15 is 0 Å². The fourth-order valence-electron chi connectivity index (χ4n) is 3.09. The topological polar surface area (TPSA) is 0 Å². The second-order valence-corrected chi connectivity index (χ2v) is 5.70. The van der Waals surface area contributed by atoms with E-state index in [1.54, 1.807) is 0 Å². The molecule has 0 amide bonds. The molecule has 0 bridgehead atoms. The van der Waals surface area contributed by atoms with E-state index in [0.717, 1.165) is 0 Å². The zero-order valence-electron chi connectivity index (χ0n) is 12.5. The molecule has 0 spiro atoms. The van der Waals surface area contributed by atoms with Crippen LogP contribution in [0.4, 0.5) is 0 Å². The summed E-state index contributed by atoms with van der Waals surface area (Å²) >= 11 is 0. The molecule has 2 rings (SSSR count). The van der Waals surface area contributed by atoms with Crippen molar-refractivity contribution < 1.29 is 0 Å². The standard InChI is InChI=1S/C19H24/c1-5-14-19(4,17-11-7-6-8-12-17)18-13-9-10-15(2)16(18)3/h6-13H,5,14H2,1-4H3. The summed E-state index contributed by atoms with van der Waals surface area (Å²) in [6, 6.07) is 17.6. The Labute approximate surface area is 117 Å². The van der Waals surface area contributed by atoms with Gasteiger partial charge in [0.1, 0.15) is 0 Å². The van der Waals surface area contributed by atoms with Gasteiger partial charge in [-0.3, -0.25) is 0 Å². The van der Waals surface area contributed by atoms with E-state index in [1.165, 1.54) is 35.1 Å². The Hall–Kier alpha value is -1.56. The molecule has 0 aliphatic heterocycles. The van der Waals surface area contributed by atoms with Gasteiger partial charge in [-0.2, -0.15) is 0 Å². The van der Waals surface area contributed by atoms with Crippen LogP contribution in [0, 0.1) is 13.8 Å². The molecular formula is C19H24. The summed E-state index contributed by atoms with van der Waals surface area (Å²) in [5, 5.41) is 0. The molecule has 0 aliphatic rings. The molecule has 0 radical (unpaired) electrons. The first-order valence-corrected chi connectivity index (χ1v) is 7.22. The van der Waals surface area contributed by atoms with Crippen molar-refractivity contribution in [2.24, 2.45) is 0 Å². The average Bonchev–Trinajstić information content (AvgIpc) is 2.43. The minimum absolute atomic E-state index is 0.117. The first-order chi connectivity index (χ1) is 9.09. The molecule has 0 heterocycles. The van der Waals surface area contributed by atoms with Crippen LogP contribution < -0.4 is 0 Å². The van der Waals surface area contributed by atoms with Crippen LogP contribution in [0.5, 0.6) is 0 Å². The lowest BCUT2D eigenvalue weighted by atomic mass is 9.71. The van der Waals surface area contributed by atoms with Gasteiger partial charge < -0.3 is 0 Å². The average molecular weight is 252 g/mol. The minimum Gasteiger partial charge on any atom is -0.0653 e. The number of benzene rings is 2. The molecule has 0 saturated carbocycles. The van der Waals surface area contributed by atoms with Gasteiger partial charge in [-0.1, -0.05) is 68.8 Å². The highest BCUT2D eigenvalue weighted by atomic mass is 14.3. The molecule has 19 heavy (non-hydrogen) atoms. The predicted molar refractivity (Wildman–Crippen MR) is 83.7 cm³/mol. The van der Waals surface area contributed by atoms with Crippen LogP contribution in [0.15, 0.2) is 48.5 Å². The minimum atomic E-state index is 0.117. The predicted octanol–water partition coefficient (Wildman–Crippen LogP) is 5.41. The summed E-state index contributed by atoms with van der Waals surface area (Å²) in [6.07, 6.45) is 2.38. The van der Waals surface area contributed by atoms with Gasteiger partial charge in [-0.25, -0.2) is 0 Å². The second kappa shape index (κ2) is 5.61. The maximum atomic E-state index is 2.38. The van der Waals surface area contributed by atoms with Crippen molar-refractivity contribution in [3.8, 4) is 0 Å². The molecule has 0 heteroatoms. The smallest absolute Gasteiger partial charge is 0.0177 e. The van der Waals surface area contributed by atoms with Crippen molar-refractivity contribution in [2.75, 3.05) is 0 Å². The van der Waals surface area contributed by atoms with Crippen molar-refractivity contribution >= 4 is 0 Å². The van der Waals surface area contributed by atoms with E-state index in [0.29, 0.717) is 0 Å². The summed E-state index contributed by atoms with van der Waals surface area (Å²) < 4.78 is 0. The quantitative estimate of drug-likeness (QED) is 0.682. The highest BCUT2D eigenvalue weighted by molar-refractivity contribution is 5.45. The zero-order valence-corrected chi connectivity index (χ0v) is 12.5. The van der Waals surface area contributed by atoms with Gasteiger partial charge in [-0.05, 0) is 42.5 Å². The Bertz CT molecular complexity index is 539. The Morgan fingerprint density at radius 3 is 2.21 bits per heavy atom. The monoisotopic (exact) mass is 252 g/mol. The van der Waals surface area contributed by atoms with Crippen LogP contribution in [-0.2, 0) is 5.41 Å². The van der Waals surface area contributed by atoms with Crippen molar-refractivity contribution in [1.82, 2.24) is 0 Å². The lowest BCUT2D eigenvalue weighted by molar-refractivity contribution is 0.509. The Balaban J connectivity index is 2.60. The third kappa shape index (κ3) is 2.58. The fraction of sp³-hybridized carbons (Fsp3) is 0.368. The zero-order chi connectivity index (χ0) is 13.9. The van der Waals surface area contributed by atoms with Crippen LogP contribution in [0.25, 0.3) is 0 Å². The summed E-state index contributed by atoms with van der Waals surface area (Å²) in [6.45, 7) is 9.11. The van der Waals surface area contributed by atoms with Gasteiger partial charge in [0.2, 0.25) is 0 Å². The highest BCUT2D eigenvalue weighted by Gasteiger charge is 2.29. The van der Waals surface area contributed by atoms with Gasteiger partial charge in [0.25, 0.3) is 0 Å². The lowest BCUT2D eigenvalue weighted by Crippen LogP contribution is -2.24. The highest BCUT2D eigenvalue weighted by Crippen LogP contribution is 2.38. The van der Waals surface area contributed by atoms with E-state index in [1.807, 2.05) is 0 Å². The first-order valence-electron chi connectivity index (χ1n) is 7.22. The molecule has 0 aromatic heterocycles. The first kappa shape index (κ1) is 13.9. The molecule has 0 fully saturated rings. The number of rotatable bonds is 4. The van der Waals surface area contributed by atoms with E-state index < -0.39 is 0 Å². The van der Waals surface area contributed by atoms with Gasteiger partial charge in [0, 0.05) is 5.41 Å². The lowest BCUT2D eigenvalue weighted by Gasteiger charge is -2.33. The number of aryl methyl sites for hydroxylation is 1. The molecule has 100 valence electrons. The molecule has 2 aromatic rings. The van der Waals surface area contributed by atoms with Crippen molar-refractivity contribution in [1.29, 1.82) is 0 Å². The number of hydrogen-bond donors (Lipinski definition) is 0. The molecule has 1 unspecified atom stereocenters. The molecule has 2 aromatic carbocycles. The van der Waals surface area contributed by atoms with Crippen molar-refractivity contribution in [2.45, 2.75) is 46.0 Å². The van der Waals surface area contributed by atoms with Crippen molar-refractivity contribution in [3.63, 3.8) is 0 Å². The van der Waals surface area contributed by atoms with E-state index in [2.05, 4.69) is 76.2 Å². The maximum Gasteiger partial charge on any atom is 0.0177 e. The van der Waals surface area contributed by atoms with Crippen LogP contribution >= 0.6 is 0 Å². The van der Waals surface area contributed by atoms with E-state index in [-0.39, 0.29) is 5.41 Å².